The minimum absolute atomic E-state index is 0.221. The van der Waals surface area contributed by atoms with Crippen molar-refractivity contribution in [3.05, 3.63) is 35.6 Å². The van der Waals surface area contributed by atoms with Crippen molar-refractivity contribution in [2.24, 2.45) is 29.6 Å². The van der Waals surface area contributed by atoms with Gasteiger partial charge in [0.2, 0.25) is 0 Å². The maximum Gasteiger partial charge on any atom is 0.166 e. The molecule has 0 N–H and O–H groups in total. The maximum atomic E-state index is 13.0. The molecule has 0 unspecified atom stereocenters. The SMILES string of the molecule is O=C(c1ccc(F)cc1)C1C2CC3CC(C2)CC1C3. The van der Waals surface area contributed by atoms with Crippen LogP contribution < -0.4 is 0 Å². The van der Waals surface area contributed by atoms with Crippen LogP contribution >= 0.6 is 0 Å². The normalized spacial score (nSPS) is 39.5. The minimum Gasteiger partial charge on any atom is -0.294 e. The first-order valence-electron chi connectivity index (χ1n) is 7.50. The van der Waals surface area contributed by atoms with Gasteiger partial charge < -0.3 is 0 Å². The number of rotatable bonds is 2. The fraction of sp³-hybridized carbons (Fsp3) is 0.588. The van der Waals surface area contributed by atoms with Crippen molar-refractivity contribution in [2.75, 3.05) is 0 Å². The second kappa shape index (κ2) is 4.16. The second-order valence-electron chi connectivity index (χ2n) is 6.83. The third-order valence-corrected chi connectivity index (χ3v) is 5.66. The highest BCUT2D eigenvalue weighted by molar-refractivity contribution is 5.98. The van der Waals surface area contributed by atoms with E-state index >= 15 is 0 Å². The number of halogens is 1. The molecular weight excluding hydrogens is 239 g/mol. The number of carbonyl (C=O) groups is 1. The lowest BCUT2D eigenvalue weighted by atomic mass is 9.51. The van der Waals surface area contributed by atoms with E-state index in [9.17, 15) is 9.18 Å². The lowest BCUT2D eigenvalue weighted by Gasteiger charge is -2.53. The van der Waals surface area contributed by atoms with Gasteiger partial charge in [-0.3, -0.25) is 4.79 Å². The molecule has 0 amide bonds. The maximum absolute atomic E-state index is 13.0. The van der Waals surface area contributed by atoms with Gasteiger partial charge in [0.05, 0.1) is 0 Å². The van der Waals surface area contributed by atoms with Gasteiger partial charge in [-0.2, -0.15) is 0 Å². The van der Waals surface area contributed by atoms with Crippen LogP contribution in [0.3, 0.4) is 0 Å². The first kappa shape index (κ1) is 11.6. The van der Waals surface area contributed by atoms with Gasteiger partial charge in [-0.15, -0.1) is 0 Å². The van der Waals surface area contributed by atoms with Gasteiger partial charge in [0.15, 0.2) is 5.78 Å². The predicted octanol–water partition coefficient (Wildman–Crippen LogP) is 4.08. The van der Waals surface area contributed by atoms with Crippen LogP contribution in [-0.4, -0.2) is 5.78 Å². The Morgan fingerprint density at radius 2 is 1.42 bits per heavy atom. The zero-order chi connectivity index (χ0) is 13.0. The van der Waals surface area contributed by atoms with Crippen molar-refractivity contribution >= 4 is 5.78 Å². The van der Waals surface area contributed by atoms with Crippen LogP contribution in [-0.2, 0) is 0 Å². The summed E-state index contributed by atoms with van der Waals surface area (Å²) in [6.45, 7) is 0. The fourth-order valence-electron chi connectivity index (χ4n) is 5.16. The molecule has 1 nitrogen and oxygen atoms in total. The number of carbonyl (C=O) groups excluding carboxylic acids is 1. The molecule has 4 saturated carbocycles. The highest BCUT2D eigenvalue weighted by Gasteiger charge is 2.50. The Morgan fingerprint density at radius 1 is 0.895 bits per heavy atom. The van der Waals surface area contributed by atoms with Crippen LogP contribution in [0.5, 0.6) is 0 Å². The summed E-state index contributed by atoms with van der Waals surface area (Å²) < 4.78 is 13.0. The molecule has 2 heteroatoms. The van der Waals surface area contributed by atoms with E-state index in [4.69, 9.17) is 0 Å². The summed E-state index contributed by atoms with van der Waals surface area (Å²) in [7, 11) is 0. The Kier molecular flexibility index (Phi) is 2.54. The smallest absolute Gasteiger partial charge is 0.166 e. The van der Waals surface area contributed by atoms with E-state index in [1.807, 2.05) is 0 Å². The molecule has 19 heavy (non-hydrogen) atoms. The second-order valence-corrected chi connectivity index (χ2v) is 6.83. The fourth-order valence-corrected chi connectivity index (χ4v) is 5.16. The molecule has 100 valence electrons. The summed E-state index contributed by atoms with van der Waals surface area (Å²) in [6, 6.07) is 6.12. The summed E-state index contributed by atoms with van der Waals surface area (Å²) >= 11 is 0. The molecule has 1 aromatic rings. The van der Waals surface area contributed by atoms with Crippen LogP contribution in [0.4, 0.5) is 4.39 Å². The molecule has 0 radical (unpaired) electrons. The lowest BCUT2D eigenvalue weighted by molar-refractivity contribution is -0.0251. The average molecular weight is 258 g/mol. The van der Waals surface area contributed by atoms with E-state index in [0.29, 0.717) is 17.4 Å². The molecule has 4 bridgehead atoms. The van der Waals surface area contributed by atoms with E-state index in [0.717, 1.165) is 11.8 Å². The Balaban J connectivity index is 1.62. The molecule has 0 spiro atoms. The number of Topliss-reactive ketones (excluding diaryl/α,β-unsaturated/α-hetero) is 1. The van der Waals surface area contributed by atoms with Crippen LogP contribution in [0.25, 0.3) is 0 Å². The third kappa shape index (κ3) is 1.84. The number of benzene rings is 1. The monoisotopic (exact) mass is 258 g/mol. The van der Waals surface area contributed by atoms with Crippen molar-refractivity contribution in [2.45, 2.75) is 32.1 Å². The molecule has 0 aliphatic heterocycles. The van der Waals surface area contributed by atoms with Crippen molar-refractivity contribution in [3.8, 4) is 0 Å². The van der Waals surface area contributed by atoms with Crippen LogP contribution in [0.1, 0.15) is 42.5 Å². The summed E-state index contributed by atoms with van der Waals surface area (Å²) in [5.41, 5.74) is 0.707. The minimum atomic E-state index is -0.262. The van der Waals surface area contributed by atoms with E-state index in [1.165, 1.54) is 44.2 Å². The Labute approximate surface area is 113 Å². The largest absolute Gasteiger partial charge is 0.294 e. The van der Waals surface area contributed by atoms with Gasteiger partial charge in [-0.25, -0.2) is 4.39 Å². The molecule has 4 aliphatic rings. The standard InChI is InChI=1S/C17H19FO/c18-15-3-1-12(2-4-15)17(19)16-13-6-10-5-11(8-13)9-14(16)7-10/h1-4,10-11,13-14,16H,5-9H2. The number of ketones is 1. The zero-order valence-corrected chi connectivity index (χ0v) is 11.0. The van der Waals surface area contributed by atoms with Crippen LogP contribution in [0.15, 0.2) is 24.3 Å². The highest BCUT2D eigenvalue weighted by Crippen LogP contribution is 2.57. The molecular formula is C17H19FO. The zero-order valence-electron chi connectivity index (χ0n) is 11.0. The van der Waals surface area contributed by atoms with E-state index < -0.39 is 0 Å². The van der Waals surface area contributed by atoms with E-state index in [-0.39, 0.29) is 17.5 Å². The topological polar surface area (TPSA) is 17.1 Å². The summed E-state index contributed by atoms with van der Waals surface area (Å²) in [5, 5.41) is 0. The Hall–Kier alpha value is -1.18. The average Bonchev–Trinajstić information content (AvgIpc) is 2.38. The van der Waals surface area contributed by atoms with Crippen molar-refractivity contribution in [1.29, 1.82) is 0 Å². The molecule has 5 rings (SSSR count). The molecule has 0 heterocycles. The van der Waals surface area contributed by atoms with Crippen molar-refractivity contribution < 1.29 is 9.18 Å². The predicted molar refractivity (Wildman–Crippen MR) is 71.3 cm³/mol. The molecule has 4 aliphatic carbocycles. The Bertz CT molecular complexity index is 476. The van der Waals surface area contributed by atoms with Gasteiger partial charge in [-0.05, 0) is 80.0 Å². The number of hydrogen-bond donors (Lipinski definition) is 0. The van der Waals surface area contributed by atoms with Crippen molar-refractivity contribution in [3.63, 3.8) is 0 Å². The molecule has 0 saturated heterocycles. The summed E-state index contributed by atoms with van der Waals surface area (Å²) in [5.74, 6) is 3.22. The third-order valence-electron chi connectivity index (χ3n) is 5.66. The van der Waals surface area contributed by atoms with E-state index in [2.05, 4.69) is 0 Å². The van der Waals surface area contributed by atoms with Gasteiger partial charge in [-0.1, -0.05) is 0 Å². The first-order valence-corrected chi connectivity index (χ1v) is 7.50. The quantitative estimate of drug-likeness (QED) is 0.730. The molecule has 0 atom stereocenters. The molecule has 0 aromatic heterocycles. The number of hydrogen-bond acceptors (Lipinski definition) is 1. The molecule has 4 fully saturated rings. The van der Waals surface area contributed by atoms with Gasteiger partial charge in [0.1, 0.15) is 5.82 Å². The first-order chi connectivity index (χ1) is 9.20. The van der Waals surface area contributed by atoms with Crippen LogP contribution in [0.2, 0.25) is 0 Å². The van der Waals surface area contributed by atoms with Gasteiger partial charge in [0, 0.05) is 11.5 Å². The summed E-state index contributed by atoms with van der Waals surface area (Å²) in [4.78, 5) is 12.7. The lowest BCUT2D eigenvalue weighted by Crippen LogP contribution is -2.48. The van der Waals surface area contributed by atoms with Crippen molar-refractivity contribution in [1.82, 2.24) is 0 Å². The van der Waals surface area contributed by atoms with Crippen LogP contribution in [0, 0.1) is 35.4 Å². The van der Waals surface area contributed by atoms with Gasteiger partial charge in [0.25, 0.3) is 0 Å². The van der Waals surface area contributed by atoms with Gasteiger partial charge >= 0.3 is 0 Å². The highest BCUT2D eigenvalue weighted by atomic mass is 19.1. The van der Waals surface area contributed by atoms with E-state index in [1.54, 1.807) is 12.1 Å². The Morgan fingerprint density at radius 3 is 1.95 bits per heavy atom. The molecule has 1 aromatic carbocycles. The summed E-state index contributed by atoms with van der Waals surface area (Å²) in [6.07, 6.45) is 6.43.